The van der Waals surface area contributed by atoms with E-state index < -0.39 is 5.97 Å². The number of hydrogen-bond acceptors (Lipinski definition) is 5. The highest BCUT2D eigenvalue weighted by atomic mass is 35.5. The average Bonchev–Trinajstić information content (AvgIpc) is 3.16. The molecule has 3 aromatic rings. The Kier molecular flexibility index (Phi) is 5.76. The standard InChI is InChI=1S/C20H15ClN2O5/c1-27-14-5-2-12(3-6-14)19(24)23-22-11-15-7-9-18(28-15)16-10-13(20(25)26)4-8-17(16)21/h2-11H,1H3,(H,23,24)(H,25,26)/b22-11+. The van der Waals surface area contributed by atoms with Crippen molar-refractivity contribution in [2.24, 2.45) is 5.10 Å². The molecule has 1 heterocycles. The number of carbonyl (C=O) groups excluding carboxylic acids is 1. The van der Waals surface area contributed by atoms with Gasteiger partial charge >= 0.3 is 5.97 Å². The third-order valence-electron chi connectivity index (χ3n) is 3.82. The van der Waals surface area contributed by atoms with E-state index in [1.807, 2.05) is 0 Å². The normalized spacial score (nSPS) is 10.8. The molecular weight excluding hydrogens is 384 g/mol. The zero-order valence-electron chi connectivity index (χ0n) is 14.7. The lowest BCUT2D eigenvalue weighted by Gasteiger charge is -2.02. The molecule has 0 saturated heterocycles. The molecule has 8 heteroatoms. The van der Waals surface area contributed by atoms with Crippen molar-refractivity contribution < 1.29 is 23.8 Å². The molecule has 2 aromatic carbocycles. The number of nitrogens with zero attached hydrogens (tertiary/aromatic N) is 1. The predicted octanol–water partition coefficient (Wildman–Crippen LogP) is 4.07. The van der Waals surface area contributed by atoms with Gasteiger partial charge in [-0.2, -0.15) is 5.10 Å². The largest absolute Gasteiger partial charge is 0.497 e. The summed E-state index contributed by atoms with van der Waals surface area (Å²) in [5.74, 6) is -0.0537. The monoisotopic (exact) mass is 398 g/mol. The van der Waals surface area contributed by atoms with E-state index in [1.165, 1.54) is 24.4 Å². The van der Waals surface area contributed by atoms with Crippen molar-refractivity contribution in [1.82, 2.24) is 5.43 Å². The molecule has 7 nitrogen and oxygen atoms in total. The Labute approximate surface area is 165 Å². The number of benzene rings is 2. The minimum absolute atomic E-state index is 0.0952. The SMILES string of the molecule is COc1ccc(C(=O)N/N=C/c2ccc(-c3cc(C(=O)O)ccc3Cl)o2)cc1. The number of carboxylic acid groups (broad SMARTS) is 1. The summed E-state index contributed by atoms with van der Waals surface area (Å²) in [5, 5.41) is 13.3. The molecule has 1 aromatic heterocycles. The number of halogens is 1. The number of aromatic carboxylic acids is 1. The maximum Gasteiger partial charge on any atom is 0.335 e. The van der Waals surface area contributed by atoms with Crippen LogP contribution >= 0.6 is 11.6 Å². The van der Waals surface area contributed by atoms with Gasteiger partial charge in [0.1, 0.15) is 17.3 Å². The molecule has 0 radical (unpaired) electrons. The van der Waals surface area contributed by atoms with Crippen molar-refractivity contribution in [3.63, 3.8) is 0 Å². The number of ether oxygens (including phenoxy) is 1. The van der Waals surface area contributed by atoms with E-state index in [-0.39, 0.29) is 11.5 Å². The van der Waals surface area contributed by atoms with Crippen LogP contribution in [-0.2, 0) is 0 Å². The van der Waals surface area contributed by atoms with Crippen molar-refractivity contribution >= 4 is 29.7 Å². The van der Waals surface area contributed by atoms with Gasteiger partial charge in [-0.05, 0) is 54.6 Å². The molecule has 0 aliphatic rings. The highest BCUT2D eigenvalue weighted by molar-refractivity contribution is 6.33. The smallest absolute Gasteiger partial charge is 0.335 e. The molecule has 0 saturated carbocycles. The van der Waals surface area contributed by atoms with Crippen molar-refractivity contribution in [2.45, 2.75) is 0 Å². The van der Waals surface area contributed by atoms with E-state index in [1.54, 1.807) is 43.5 Å². The molecule has 0 atom stereocenters. The molecule has 3 rings (SSSR count). The zero-order valence-corrected chi connectivity index (χ0v) is 15.4. The summed E-state index contributed by atoms with van der Waals surface area (Å²) in [5.41, 5.74) is 3.36. The van der Waals surface area contributed by atoms with Gasteiger partial charge in [0.05, 0.1) is 23.9 Å². The molecule has 0 aliphatic heterocycles. The molecule has 28 heavy (non-hydrogen) atoms. The number of methoxy groups -OCH3 is 1. The van der Waals surface area contributed by atoms with Crippen LogP contribution in [0.15, 0.2) is 64.1 Å². The van der Waals surface area contributed by atoms with Gasteiger partial charge in [-0.3, -0.25) is 4.79 Å². The van der Waals surface area contributed by atoms with Crippen LogP contribution in [0.4, 0.5) is 0 Å². The molecule has 0 bridgehead atoms. The Hall–Kier alpha value is -3.58. The van der Waals surface area contributed by atoms with Gasteiger partial charge in [0.15, 0.2) is 0 Å². The summed E-state index contributed by atoms with van der Waals surface area (Å²) in [4.78, 5) is 23.2. The first kappa shape index (κ1) is 19.2. The molecule has 2 N–H and O–H groups in total. The quantitative estimate of drug-likeness (QED) is 0.481. The number of amides is 1. The molecule has 0 fully saturated rings. The van der Waals surface area contributed by atoms with Crippen LogP contribution in [0.2, 0.25) is 5.02 Å². The predicted molar refractivity (Wildman–Crippen MR) is 104 cm³/mol. The third kappa shape index (κ3) is 4.39. The number of rotatable bonds is 6. The Bertz CT molecular complexity index is 1040. The number of carboxylic acids is 1. The van der Waals surface area contributed by atoms with E-state index in [2.05, 4.69) is 10.5 Å². The molecule has 1 amide bonds. The summed E-state index contributed by atoms with van der Waals surface area (Å²) in [7, 11) is 1.54. The van der Waals surface area contributed by atoms with Crippen LogP contribution in [-0.4, -0.2) is 30.3 Å². The fourth-order valence-corrected chi connectivity index (χ4v) is 2.59. The van der Waals surface area contributed by atoms with E-state index in [0.29, 0.717) is 33.4 Å². The second-order valence-corrected chi connectivity index (χ2v) is 6.04. The van der Waals surface area contributed by atoms with Gasteiger partial charge in [0.2, 0.25) is 0 Å². The van der Waals surface area contributed by atoms with Crippen LogP contribution in [0.3, 0.4) is 0 Å². The van der Waals surface area contributed by atoms with Gasteiger partial charge in [-0.1, -0.05) is 11.6 Å². The first-order valence-electron chi connectivity index (χ1n) is 8.08. The highest BCUT2D eigenvalue weighted by Crippen LogP contribution is 2.30. The molecule has 142 valence electrons. The molecular formula is C20H15ClN2O5. The number of carbonyl (C=O) groups is 2. The first-order valence-corrected chi connectivity index (χ1v) is 8.46. The van der Waals surface area contributed by atoms with Gasteiger partial charge in [-0.25, -0.2) is 10.2 Å². The van der Waals surface area contributed by atoms with Crippen molar-refractivity contribution in [3.8, 4) is 17.1 Å². The lowest BCUT2D eigenvalue weighted by atomic mass is 10.1. The van der Waals surface area contributed by atoms with E-state index >= 15 is 0 Å². The third-order valence-corrected chi connectivity index (χ3v) is 4.15. The number of hydrogen-bond donors (Lipinski definition) is 2. The fraction of sp³-hybridized carbons (Fsp3) is 0.0500. The van der Waals surface area contributed by atoms with Crippen molar-refractivity contribution in [3.05, 3.63) is 76.5 Å². The maximum atomic E-state index is 12.0. The van der Waals surface area contributed by atoms with Gasteiger partial charge in [0.25, 0.3) is 5.91 Å². The summed E-state index contributed by atoms with van der Waals surface area (Å²) < 4.78 is 10.6. The first-order chi connectivity index (χ1) is 13.5. The Morgan fingerprint density at radius 3 is 2.50 bits per heavy atom. The number of nitrogens with one attached hydrogen (secondary N) is 1. The number of hydrazone groups is 1. The van der Waals surface area contributed by atoms with Crippen LogP contribution in [0.25, 0.3) is 11.3 Å². The van der Waals surface area contributed by atoms with E-state index in [9.17, 15) is 9.59 Å². The van der Waals surface area contributed by atoms with E-state index in [4.69, 9.17) is 25.9 Å². The second kappa shape index (κ2) is 8.41. The lowest BCUT2D eigenvalue weighted by Crippen LogP contribution is -2.17. The Balaban J connectivity index is 1.69. The Morgan fingerprint density at radius 1 is 1.11 bits per heavy atom. The maximum absolute atomic E-state index is 12.0. The average molecular weight is 399 g/mol. The topological polar surface area (TPSA) is 101 Å². The van der Waals surface area contributed by atoms with Gasteiger partial charge in [-0.15, -0.1) is 0 Å². The van der Waals surface area contributed by atoms with Gasteiger partial charge in [0, 0.05) is 11.1 Å². The number of furan rings is 1. The molecule has 0 aliphatic carbocycles. The summed E-state index contributed by atoms with van der Waals surface area (Å²) in [6.45, 7) is 0. The summed E-state index contributed by atoms with van der Waals surface area (Å²) in [6, 6.07) is 14.2. The fourth-order valence-electron chi connectivity index (χ4n) is 2.38. The van der Waals surface area contributed by atoms with Crippen LogP contribution in [0.5, 0.6) is 5.75 Å². The lowest BCUT2D eigenvalue weighted by molar-refractivity contribution is 0.0696. The summed E-state index contributed by atoms with van der Waals surface area (Å²) in [6.07, 6.45) is 1.33. The minimum atomic E-state index is -1.06. The summed E-state index contributed by atoms with van der Waals surface area (Å²) >= 11 is 6.13. The van der Waals surface area contributed by atoms with Crippen LogP contribution in [0.1, 0.15) is 26.5 Å². The van der Waals surface area contributed by atoms with Gasteiger partial charge < -0.3 is 14.3 Å². The highest BCUT2D eigenvalue weighted by Gasteiger charge is 2.12. The minimum Gasteiger partial charge on any atom is -0.497 e. The van der Waals surface area contributed by atoms with Crippen LogP contribution < -0.4 is 10.2 Å². The van der Waals surface area contributed by atoms with E-state index in [0.717, 1.165) is 0 Å². The second-order valence-electron chi connectivity index (χ2n) is 5.63. The molecule has 0 unspecified atom stereocenters. The van der Waals surface area contributed by atoms with Crippen LogP contribution in [0, 0.1) is 0 Å². The van der Waals surface area contributed by atoms with Crippen molar-refractivity contribution in [1.29, 1.82) is 0 Å². The zero-order chi connectivity index (χ0) is 20.1. The Morgan fingerprint density at radius 2 is 1.82 bits per heavy atom. The van der Waals surface area contributed by atoms with Crippen molar-refractivity contribution in [2.75, 3.05) is 7.11 Å². The molecule has 0 spiro atoms.